The fraction of sp³-hybridized carbons (Fsp3) is 0.333. The quantitative estimate of drug-likeness (QED) is 0.824. The van der Waals surface area contributed by atoms with Gasteiger partial charge in [0.1, 0.15) is 17.2 Å². The molecule has 1 unspecified atom stereocenters. The van der Waals surface area contributed by atoms with Crippen LogP contribution in [0.2, 0.25) is 0 Å². The second kappa shape index (κ2) is 4.58. The molecule has 2 rings (SSSR count). The van der Waals surface area contributed by atoms with Crippen LogP contribution in [-0.2, 0) is 4.79 Å². The minimum absolute atomic E-state index is 0.0941. The summed E-state index contributed by atoms with van der Waals surface area (Å²) in [6, 6.07) is 2.61. The number of carboxylic acid groups (broad SMARTS) is 1. The van der Waals surface area contributed by atoms with Crippen molar-refractivity contribution < 1.29 is 23.5 Å². The third-order valence-electron chi connectivity index (χ3n) is 3.18. The molecule has 0 saturated carbocycles. The van der Waals surface area contributed by atoms with Crippen molar-refractivity contribution in [2.24, 2.45) is 5.73 Å². The van der Waals surface area contributed by atoms with Gasteiger partial charge in [0.25, 0.3) is 5.91 Å². The maximum absolute atomic E-state index is 13.5. The number of hydrogen-bond donors (Lipinski definition) is 2. The van der Waals surface area contributed by atoms with Gasteiger partial charge in [-0.15, -0.1) is 0 Å². The van der Waals surface area contributed by atoms with Gasteiger partial charge in [0.15, 0.2) is 0 Å². The molecule has 1 atom stereocenters. The van der Waals surface area contributed by atoms with E-state index in [4.69, 9.17) is 10.8 Å². The third kappa shape index (κ3) is 2.41. The summed E-state index contributed by atoms with van der Waals surface area (Å²) in [6.07, 6.45) is 0.0941. The van der Waals surface area contributed by atoms with E-state index in [1.807, 2.05) is 0 Å². The zero-order chi connectivity index (χ0) is 14.2. The van der Waals surface area contributed by atoms with Crippen LogP contribution in [0.15, 0.2) is 18.2 Å². The van der Waals surface area contributed by atoms with Crippen LogP contribution in [0.5, 0.6) is 0 Å². The Balaban J connectivity index is 2.20. The summed E-state index contributed by atoms with van der Waals surface area (Å²) in [7, 11) is 0. The number of carbonyl (C=O) groups is 2. The van der Waals surface area contributed by atoms with Crippen LogP contribution in [-0.4, -0.2) is 40.5 Å². The minimum atomic E-state index is -1.51. The summed E-state index contributed by atoms with van der Waals surface area (Å²) < 4.78 is 26.2. The van der Waals surface area contributed by atoms with E-state index in [1.54, 1.807) is 0 Å². The second-order valence-electron chi connectivity index (χ2n) is 4.56. The summed E-state index contributed by atoms with van der Waals surface area (Å²) in [6.45, 7) is -0.0730. The van der Waals surface area contributed by atoms with Crippen molar-refractivity contribution in [1.29, 1.82) is 0 Å². The van der Waals surface area contributed by atoms with E-state index in [1.165, 1.54) is 0 Å². The van der Waals surface area contributed by atoms with Gasteiger partial charge < -0.3 is 15.7 Å². The smallest absolute Gasteiger partial charge is 0.325 e. The largest absolute Gasteiger partial charge is 0.480 e. The standard InChI is InChI=1S/C12H12F2N2O3/c13-7-1-2-8(9(14)5-7)10(17)16-4-3-12(15,6-16)11(18)19/h1-2,5H,3-4,6,15H2,(H,18,19). The summed E-state index contributed by atoms with van der Waals surface area (Å²) >= 11 is 0. The zero-order valence-corrected chi connectivity index (χ0v) is 9.90. The van der Waals surface area contributed by atoms with E-state index in [-0.39, 0.29) is 25.1 Å². The number of carboxylic acids is 1. The molecule has 1 amide bonds. The van der Waals surface area contributed by atoms with Crippen molar-refractivity contribution in [3.63, 3.8) is 0 Å². The van der Waals surface area contributed by atoms with Gasteiger partial charge in [-0.3, -0.25) is 9.59 Å². The Kier molecular flexibility index (Phi) is 3.23. The van der Waals surface area contributed by atoms with Gasteiger partial charge in [0.05, 0.1) is 5.56 Å². The Morgan fingerprint density at radius 3 is 2.58 bits per heavy atom. The number of benzene rings is 1. The molecule has 5 nitrogen and oxygen atoms in total. The van der Waals surface area contributed by atoms with Crippen molar-refractivity contribution in [3.8, 4) is 0 Å². The highest BCUT2D eigenvalue weighted by atomic mass is 19.1. The number of aliphatic carboxylic acids is 1. The molecule has 1 aromatic rings. The van der Waals surface area contributed by atoms with Crippen LogP contribution in [0.25, 0.3) is 0 Å². The first-order chi connectivity index (χ1) is 8.83. The maximum atomic E-state index is 13.5. The molecule has 19 heavy (non-hydrogen) atoms. The summed E-state index contributed by atoms with van der Waals surface area (Å²) in [4.78, 5) is 24.1. The van der Waals surface area contributed by atoms with Crippen LogP contribution in [0, 0.1) is 11.6 Å². The van der Waals surface area contributed by atoms with Gasteiger partial charge in [-0.25, -0.2) is 8.78 Å². The van der Waals surface area contributed by atoms with Crippen molar-refractivity contribution >= 4 is 11.9 Å². The van der Waals surface area contributed by atoms with Gasteiger partial charge in [0, 0.05) is 19.2 Å². The average molecular weight is 270 g/mol. The van der Waals surface area contributed by atoms with Crippen LogP contribution in [0.3, 0.4) is 0 Å². The predicted octanol–water partition coefficient (Wildman–Crippen LogP) is 0.593. The molecule has 1 heterocycles. The monoisotopic (exact) mass is 270 g/mol. The summed E-state index contributed by atoms with van der Waals surface area (Å²) in [5.74, 6) is -3.66. The lowest BCUT2D eigenvalue weighted by molar-refractivity contribution is -0.142. The number of halogens is 2. The van der Waals surface area contributed by atoms with E-state index in [0.717, 1.165) is 17.0 Å². The molecular formula is C12H12F2N2O3. The predicted molar refractivity (Wildman–Crippen MR) is 61.4 cm³/mol. The zero-order valence-electron chi connectivity index (χ0n) is 9.90. The van der Waals surface area contributed by atoms with E-state index in [2.05, 4.69) is 0 Å². The molecule has 102 valence electrons. The van der Waals surface area contributed by atoms with Crippen LogP contribution >= 0.6 is 0 Å². The van der Waals surface area contributed by atoms with E-state index >= 15 is 0 Å². The van der Waals surface area contributed by atoms with E-state index in [0.29, 0.717) is 6.07 Å². The number of nitrogens with two attached hydrogens (primary N) is 1. The van der Waals surface area contributed by atoms with E-state index < -0.39 is 29.0 Å². The molecule has 1 aliphatic heterocycles. The first-order valence-electron chi connectivity index (χ1n) is 5.60. The highest BCUT2D eigenvalue weighted by Gasteiger charge is 2.43. The molecule has 0 bridgehead atoms. The lowest BCUT2D eigenvalue weighted by Crippen LogP contribution is -2.50. The highest BCUT2D eigenvalue weighted by molar-refractivity contribution is 5.95. The fourth-order valence-electron chi connectivity index (χ4n) is 2.01. The second-order valence-corrected chi connectivity index (χ2v) is 4.56. The van der Waals surface area contributed by atoms with Gasteiger partial charge in [-0.05, 0) is 18.6 Å². The molecule has 1 fully saturated rings. The van der Waals surface area contributed by atoms with E-state index in [9.17, 15) is 18.4 Å². The molecule has 0 radical (unpaired) electrons. The Morgan fingerprint density at radius 1 is 1.37 bits per heavy atom. The fourth-order valence-corrected chi connectivity index (χ4v) is 2.01. The molecule has 1 aromatic carbocycles. The van der Waals surface area contributed by atoms with Gasteiger partial charge in [-0.1, -0.05) is 0 Å². The number of rotatable bonds is 2. The Labute approximate surface area is 107 Å². The molecule has 0 spiro atoms. The first-order valence-corrected chi connectivity index (χ1v) is 5.60. The summed E-state index contributed by atoms with van der Waals surface area (Å²) in [5.41, 5.74) is 3.82. The Morgan fingerprint density at radius 2 is 2.05 bits per heavy atom. The third-order valence-corrected chi connectivity index (χ3v) is 3.18. The first kappa shape index (κ1) is 13.4. The minimum Gasteiger partial charge on any atom is -0.480 e. The molecule has 0 aliphatic carbocycles. The number of likely N-dealkylation sites (tertiary alicyclic amines) is 1. The SMILES string of the molecule is NC1(C(=O)O)CCN(C(=O)c2ccc(F)cc2F)C1. The van der Waals surface area contributed by atoms with Crippen LogP contribution in [0.4, 0.5) is 8.78 Å². The molecular weight excluding hydrogens is 258 g/mol. The highest BCUT2D eigenvalue weighted by Crippen LogP contribution is 2.22. The normalized spacial score (nSPS) is 22.6. The Bertz CT molecular complexity index is 550. The van der Waals surface area contributed by atoms with Gasteiger partial charge in [-0.2, -0.15) is 0 Å². The van der Waals surface area contributed by atoms with Crippen molar-refractivity contribution in [2.75, 3.05) is 13.1 Å². The van der Waals surface area contributed by atoms with Gasteiger partial charge >= 0.3 is 5.97 Å². The van der Waals surface area contributed by atoms with Crippen LogP contribution < -0.4 is 5.73 Å². The number of hydrogen-bond acceptors (Lipinski definition) is 3. The topological polar surface area (TPSA) is 83.6 Å². The van der Waals surface area contributed by atoms with Crippen LogP contribution in [0.1, 0.15) is 16.8 Å². The maximum Gasteiger partial charge on any atom is 0.325 e. The lowest BCUT2D eigenvalue weighted by atomic mass is 10.0. The molecule has 1 aliphatic rings. The molecule has 3 N–H and O–H groups in total. The molecule has 7 heteroatoms. The Hall–Kier alpha value is -2.02. The number of carbonyl (C=O) groups excluding carboxylic acids is 1. The van der Waals surface area contributed by atoms with Crippen molar-refractivity contribution in [2.45, 2.75) is 12.0 Å². The van der Waals surface area contributed by atoms with Crippen molar-refractivity contribution in [1.82, 2.24) is 4.90 Å². The average Bonchev–Trinajstić information content (AvgIpc) is 2.73. The summed E-state index contributed by atoms with van der Waals surface area (Å²) in [5, 5.41) is 8.95. The number of nitrogens with zero attached hydrogens (tertiary/aromatic N) is 1. The molecule has 0 aromatic heterocycles. The van der Waals surface area contributed by atoms with Crippen molar-refractivity contribution in [3.05, 3.63) is 35.4 Å². The molecule has 1 saturated heterocycles. The van der Waals surface area contributed by atoms with Gasteiger partial charge in [0.2, 0.25) is 0 Å². The lowest BCUT2D eigenvalue weighted by Gasteiger charge is -2.20. The number of amides is 1.